The van der Waals surface area contributed by atoms with Gasteiger partial charge in [-0.1, -0.05) is 26.0 Å². The Balaban J connectivity index is 1.64. The van der Waals surface area contributed by atoms with Crippen LogP contribution in [-0.2, 0) is 4.79 Å². The number of benzene rings is 1. The van der Waals surface area contributed by atoms with Gasteiger partial charge < -0.3 is 10.6 Å². The summed E-state index contributed by atoms with van der Waals surface area (Å²) in [6.45, 7) is 6.27. The maximum Gasteiger partial charge on any atom is 0.224 e. The lowest BCUT2D eigenvalue weighted by molar-refractivity contribution is -0.116. The Morgan fingerprint density at radius 2 is 2.04 bits per heavy atom. The zero-order valence-corrected chi connectivity index (χ0v) is 15.0. The maximum atomic E-state index is 12.4. The summed E-state index contributed by atoms with van der Waals surface area (Å²) in [5.74, 6) is 2.47. The van der Waals surface area contributed by atoms with Gasteiger partial charge in [0.25, 0.3) is 0 Å². The number of hydrogen-bond donors (Lipinski definition) is 3. The van der Waals surface area contributed by atoms with E-state index in [4.69, 9.17) is 0 Å². The molecule has 2 heterocycles. The molecular formula is C19H27N5O. The molecule has 25 heavy (non-hydrogen) atoms. The normalized spacial score (nSPS) is 15.5. The number of nitrogens with zero attached hydrogens (tertiary/aromatic N) is 2. The maximum absolute atomic E-state index is 12.4. The Morgan fingerprint density at radius 1 is 1.28 bits per heavy atom. The number of rotatable bonds is 6. The number of para-hydroxylation sites is 1. The number of aromatic nitrogens is 3. The van der Waals surface area contributed by atoms with E-state index < -0.39 is 0 Å². The Bertz CT molecular complexity index is 703. The molecule has 0 radical (unpaired) electrons. The fraction of sp³-hybridized carbons (Fsp3) is 0.526. The van der Waals surface area contributed by atoms with Gasteiger partial charge in [0.15, 0.2) is 5.82 Å². The van der Waals surface area contributed by atoms with E-state index >= 15 is 0 Å². The van der Waals surface area contributed by atoms with Crippen LogP contribution in [0.4, 0.5) is 5.69 Å². The second-order valence-corrected chi connectivity index (χ2v) is 7.02. The molecule has 0 saturated carbocycles. The molecule has 6 heteroatoms. The van der Waals surface area contributed by atoms with E-state index in [-0.39, 0.29) is 11.8 Å². The van der Waals surface area contributed by atoms with Gasteiger partial charge in [0.1, 0.15) is 5.82 Å². The average Bonchev–Trinajstić information content (AvgIpc) is 3.12. The molecule has 134 valence electrons. The molecule has 1 aromatic carbocycles. The first kappa shape index (κ1) is 17.6. The van der Waals surface area contributed by atoms with Gasteiger partial charge in [-0.25, -0.2) is 4.98 Å². The number of anilines is 1. The van der Waals surface area contributed by atoms with Crippen LogP contribution < -0.4 is 10.6 Å². The molecular weight excluding hydrogens is 314 g/mol. The third-order valence-corrected chi connectivity index (χ3v) is 4.73. The molecule has 0 unspecified atom stereocenters. The standard InChI is InChI=1S/C19H27N5O/c1-13(2)18-22-19(24-23-18)15-5-3-4-6-16(15)21-17(25)8-7-14-9-11-20-12-10-14/h3-6,13-14,20H,7-12H2,1-2H3,(H,21,25)(H,22,23,24). The third kappa shape index (κ3) is 4.66. The third-order valence-electron chi connectivity index (χ3n) is 4.73. The topological polar surface area (TPSA) is 82.7 Å². The highest BCUT2D eigenvalue weighted by atomic mass is 16.1. The van der Waals surface area contributed by atoms with Gasteiger partial charge in [-0.15, -0.1) is 0 Å². The minimum Gasteiger partial charge on any atom is -0.325 e. The summed E-state index contributed by atoms with van der Waals surface area (Å²) in [4.78, 5) is 16.9. The molecule has 1 fully saturated rings. The average molecular weight is 341 g/mol. The lowest BCUT2D eigenvalue weighted by atomic mass is 9.93. The summed E-state index contributed by atoms with van der Waals surface area (Å²) in [6.07, 6.45) is 3.84. The predicted molar refractivity (Wildman–Crippen MR) is 99.4 cm³/mol. The SMILES string of the molecule is CC(C)c1nc(-c2ccccc2NC(=O)CCC2CCNCC2)n[nH]1. The Labute approximate surface area is 148 Å². The summed E-state index contributed by atoms with van der Waals surface area (Å²) < 4.78 is 0. The first-order valence-corrected chi connectivity index (χ1v) is 9.15. The molecule has 1 saturated heterocycles. The lowest BCUT2D eigenvalue weighted by Crippen LogP contribution is -2.28. The Morgan fingerprint density at radius 3 is 2.76 bits per heavy atom. The molecule has 0 bridgehead atoms. The summed E-state index contributed by atoms with van der Waals surface area (Å²) in [5, 5.41) is 13.7. The second-order valence-electron chi connectivity index (χ2n) is 7.02. The molecule has 0 spiro atoms. The monoisotopic (exact) mass is 341 g/mol. The van der Waals surface area contributed by atoms with Gasteiger partial charge in [-0.05, 0) is 50.4 Å². The fourth-order valence-corrected chi connectivity index (χ4v) is 3.16. The molecule has 1 aromatic heterocycles. The zero-order chi connectivity index (χ0) is 17.6. The van der Waals surface area contributed by atoms with Crippen LogP contribution in [0.25, 0.3) is 11.4 Å². The van der Waals surface area contributed by atoms with Crippen LogP contribution in [0.15, 0.2) is 24.3 Å². The van der Waals surface area contributed by atoms with E-state index in [1.807, 2.05) is 24.3 Å². The highest BCUT2D eigenvalue weighted by Gasteiger charge is 2.16. The van der Waals surface area contributed by atoms with Crippen molar-refractivity contribution in [3.63, 3.8) is 0 Å². The van der Waals surface area contributed by atoms with Crippen LogP contribution in [0.1, 0.15) is 51.3 Å². The van der Waals surface area contributed by atoms with E-state index in [1.54, 1.807) is 0 Å². The van der Waals surface area contributed by atoms with E-state index in [0.29, 0.717) is 18.2 Å². The van der Waals surface area contributed by atoms with Crippen molar-refractivity contribution >= 4 is 11.6 Å². The van der Waals surface area contributed by atoms with Crippen molar-refractivity contribution in [1.82, 2.24) is 20.5 Å². The number of aromatic amines is 1. The van der Waals surface area contributed by atoms with Gasteiger partial charge >= 0.3 is 0 Å². The van der Waals surface area contributed by atoms with Crippen LogP contribution in [0, 0.1) is 5.92 Å². The zero-order valence-electron chi connectivity index (χ0n) is 15.0. The lowest BCUT2D eigenvalue weighted by Gasteiger charge is -2.22. The van der Waals surface area contributed by atoms with Crippen molar-refractivity contribution in [2.75, 3.05) is 18.4 Å². The van der Waals surface area contributed by atoms with Gasteiger partial charge in [0.05, 0.1) is 5.69 Å². The number of hydrogen-bond acceptors (Lipinski definition) is 4. The number of piperidine rings is 1. The van der Waals surface area contributed by atoms with Gasteiger partial charge in [0, 0.05) is 17.9 Å². The first-order valence-electron chi connectivity index (χ1n) is 9.15. The van der Waals surface area contributed by atoms with Crippen LogP contribution in [0.3, 0.4) is 0 Å². The van der Waals surface area contributed by atoms with E-state index in [1.165, 1.54) is 12.8 Å². The van der Waals surface area contributed by atoms with Gasteiger partial charge in [-0.2, -0.15) is 5.10 Å². The highest BCUT2D eigenvalue weighted by Crippen LogP contribution is 2.26. The Kier molecular flexibility index (Phi) is 5.81. The van der Waals surface area contributed by atoms with Crippen molar-refractivity contribution in [1.29, 1.82) is 0 Å². The highest BCUT2D eigenvalue weighted by molar-refractivity contribution is 5.94. The molecule has 3 rings (SSSR count). The first-order chi connectivity index (χ1) is 12.1. The molecule has 1 aliphatic rings. The van der Waals surface area contributed by atoms with E-state index in [0.717, 1.165) is 36.6 Å². The minimum atomic E-state index is 0.0607. The summed E-state index contributed by atoms with van der Waals surface area (Å²) in [6, 6.07) is 7.70. The van der Waals surface area contributed by atoms with Crippen LogP contribution >= 0.6 is 0 Å². The van der Waals surface area contributed by atoms with Crippen molar-refractivity contribution in [3.8, 4) is 11.4 Å². The number of H-pyrrole nitrogens is 1. The van der Waals surface area contributed by atoms with Crippen molar-refractivity contribution < 1.29 is 4.79 Å². The molecule has 1 aliphatic heterocycles. The van der Waals surface area contributed by atoms with Crippen LogP contribution in [-0.4, -0.2) is 34.2 Å². The van der Waals surface area contributed by atoms with Crippen molar-refractivity contribution in [2.24, 2.45) is 5.92 Å². The van der Waals surface area contributed by atoms with Crippen LogP contribution in [0.2, 0.25) is 0 Å². The molecule has 2 aromatic rings. The predicted octanol–water partition coefficient (Wildman–Crippen LogP) is 3.31. The minimum absolute atomic E-state index is 0.0607. The summed E-state index contributed by atoms with van der Waals surface area (Å²) >= 11 is 0. The van der Waals surface area contributed by atoms with Gasteiger partial charge in [-0.3, -0.25) is 9.89 Å². The number of carbonyl (C=O) groups excluding carboxylic acids is 1. The van der Waals surface area contributed by atoms with Crippen molar-refractivity contribution in [2.45, 2.75) is 45.4 Å². The van der Waals surface area contributed by atoms with Crippen molar-refractivity contribution in [3.05, 3.63) is 30.1 Å². The van der Waals surface area contributed by atoms with E-state index in [2.05, 4.69) is 39.7 Å². The number of carbonyl (C=O) groups is 1. The molecule has 0 atom stereocenters. The van der Waals surface area contributed by atoms with Gasteiger partial charge in [0.2, 0.25) is 5.91 Å². The molecule has 1 amide bonds. The number of nitrogens with one attached hydrogen (secondary N) is 3. The van der Waals surface area contributed by atoms with Crippen LogP contribution in [0.5, 0.6) is 0 Å². The largest absolute Gasteiger partial charge is 0.325 e. The second kappa shape index (κ2) is 8.25. The molecule has 3 N–H and O–H groups in total. The summed E-state index contributed by atoms with van der Waals surface area (Å²) in [7, 11) is 0. The molecule has 0 aliphatic carbocycles. The quantitative estimate of drug-likeness (QED) is 0.753. The number of amides is 1. The van der Waals surface area contributed by atoms with E-state index in [9.17, 15) is 4.79 Å². The summed E-state index contributed by atoms with van der Waals surface area (Å²) in [5.41, 5.74) is 1.62. The molecule has 6 nitrogen and oxygen atoms in total. The Hall–Kier alpha value is -2.21. The fourth-order valence-electron chi connectivity index (χ4n) is 3.16. The smallest absolute Gasteiger partial charge is 0.224 e.